The van der Waals surface area contributed by atoms with E-state index in [1.165, 1.54) is 0 Å². The summed E-state index contributed by atoms with van der Waals surface area (Å²) in [6, 6.07) is 3.32. The molecule has 0 heterocycles. The average Bonchev–Trinajstić information content (AvgIpc) is 2.78. The average molecular weight is 517 g/mol. The highest BCUT2D eigenvalue weighted by molar-refractivity contribution is 6.84. The molecule has 0 aromatic heterocycles. The molecule has 0 aliphatic rings. The molecule has 6 heteroatoms. The van der Waals surface area contributed by atoms with Gasteiger partial charge in [-0.05, 0) is 48.7 Å². The zero-order chi connectivity index (χ0) is 27.2. The van der Waals surface area contributed by atoms with Crippen LogP contribution in [0.3, 0.4) is 0 Å². The second-order valence-corrected chi connectivity index (χ2v) is 20.2. The molecule has 1 aromatic carbocycles. The van der Waals surface area contributed by atoms with Crippen molar-refractivity contribution in [2.45, 2.75) is 78.8 Å². The first kappa shape index (κ1) is 30.9. The van der Waals surface area contributed by atoms with E-state index >= 15 is 0 Å². The van der Waals surface area contributed by atoms with Crippen LogP contribution in [-0.4, -0.2) is 41.1 Å². The summed E-state index contributed by atoms with van der Waals surface area (Å²) in [5, 5.41) is 5.88. The Kier molecular flexibility index (Phi) is 12.9. The fraction of sp³-hybridized carbons (Fsp3) is 0.467. The number of carbonyl (C=O) groups excluding carboxylic acids is 2. The van der Waals surface area contributed by atoms with Crippen molar-refractivity contribution in [2.75, 3.05) is 13.1 Å². The van der Waals surface area contributed by atoms with Crippen LogP contribution in [0, 0.1) is 46.6 Å². The molecular weight excluding hydrogens is 477 g/mol. The van der Waals surface area contributed by atoms with E-state index in [0.29, 0.717) is 35.3 Å². The molecule has 4 nitrogen and oxygen atoms in total. The second-order valence-electron chi connectivity index (χ2n) is 10.7. The maximum atomic E-state index is 13.1. The topological polar surface area (TPSA) is 58.2 Å². The van der Waals surface area contributed by atoms with Gasteiger partial charge in [-0.1, -0.05) is 77.8 Å². The van der Waals surface area contributed by atoms with Gasteiger partial charge in [0.05, 0.1) is 11.1 Å². The predicted octanol–water partition coefficient (Wildman–Crippen LogP) is 5.21. The van der Waals surface area contributed by atoms with Crippen LogP contribution in [-0.2, 0) is 0 Å². The van der Waals surface area contributed by atoms with Crippen molar-refractivity contribution in [1.82, 2.24) is 10.6 Å². The minimum Gasteiger partial charge on any atom is -0.352 e. The summed E-state index contributed by atoms with van der Waals surface area (Å²) in [7, 11) is -3.14. The number of unbranched alkanes of at least 4 members (excludes halogenated alkanes) is 2. The quantitative estimate of drug-likeness (QED) is 0.283. The van der Waals surface area contributed by atoms with Gasteiger partial charge in [-0.2, -0.15) is 0 Å². The van der Waals surface area contributed by atoms with Gasteiger partial charge in [0.15, 0.2) is 0 Å². The maximum Gasteiger partial charge on any atom is 0.252 e. The second kappa shape index (κ2) is 15.1. The summed E-state index contributed by atoms with van der Waals surface area (Å²) in [6.45, 7) is 18.1. The summed E-state index contributed by atoms with van der Waals surface area (Å²) in [6.07, 6.45) is 3.69. The van der Waals surface area contributed by atoms with Crippen LogP contribution in [0.5, 0.6) is 0 Å². The minimum atomic E-state index is -1.57. The largest absolute Gasteiger partial charge is 0.352 e. The van der Waals surface area contributed by atoms with Crippen molar-refractivity contribution < 1.29 is 9.59 Å². The number of nitrogens with one attached hydrogen (secondary N) is 2. The number of hydrogen-bond donors (Lipinski definition) is 2. The molecule has 0 saturated carbocycles. The number of amides is 2. The molecule has 0 aliphatic heterocycles. The number of benzene rings is 1. The van der Waals surface area contributed by atoms with Crippen molar-refractivity contribution in [3.8, 4) is 46.6 Å². The van der Waals surface area contributed by atoms with Crippen molar-refractivity contribution in [2.24, 2.45) is 0 Å². The predicted molar refractivity (Wildman–Crippen MR) is 157 cm³/mol. The number of carbonyl (C=O) groups is 2. The molecule has 0 spiro atoms. The van der Waals surface area contributed by atoms with Gasteiger partial charge in [0.25, 0.3) is 11.8 Å². The number of hydrogen-bond acceptors (Lipinski definition) is 2. The molecule has 0 fully saturated rings. The van der Waals surface area contributed by atoms with E-state index in [2.05, 4.69) is 110 Å². The zero-order valence-corrected chi connectivity index (χ0v) is 25.2. The van der Waals surface area contributed by atoms with Crippen LogP contribution in [0.15, 0.2) is 12.1 Å². The normalized spacial score (nSPS) is 10.2. The molecule has 0 bridgehead atoms. The van der Waals surface area contributed by atoms with Gasteiger partial charge in [0.1, 0.15) is 16.1 Å². The molecule has 1 aromatic rings. The van der Waals surface area contributed by atoms with E-state index in [4.69, 9.17) is 0 Å². The molecule has 190 valence electrons. The Morgan fingerprint density at radius 1 is 0.667 bits per heavy atom. The Morgan fingerprint density at radius 3 is 1.39 bits per heavy atom. The summed E-state index contributed by atoms with van der Waals surface area (Å²) in [5.41, 5.74) is 8.15. The highest BCUT2D eigenvalue weighted by atomic mass is 28.3. The van der Waals surface area contributed by atoms with Gasteiger partial charge >= 0.3 is 0 Å². The van der Waals surface area contributed by atoms with E-state index in [1.54, 1.807) is 12.1 Å². The summed E-state index contributed by atoms with van der Waals surface area (Å²) in [4.78, 5) is 26.1. The standard InChI is InChI=1S/C30H40N2O2Si2/c1-9-11-19-31-29(33)27-24-28(30(34)32-20-12-10-2)26(18-14-16-22-36(6,7)8)23-25(27)17-13-15-21-35(3,4)5/h23-24H,9-12,19-20H2,1-8H3,(H,31,33)(H,32,34). The molecule has 0 aliphatic carbocycles. The minimum absolute atomic E-state index is 0.258. The first-order chi connectivity index (χ1) is 16.9. The lowest BCUT2D eigenvalue weighted by molar-refractivity contribution is 0.0952. The Morgan fingerprint density at radius 2 is 1.06 bits per heavy atom. The van der Waals surface area contributed by atoms with E-state index in [1.807, 2.05) is 0 Å². The third-order valence-corrected chi connectivity index (χ3v) is 6.42. The first-order valence-electron chi connectivity index (χ1n) is 12.7. The fourth-order valence-corrected chi connectivity index (χ4v) is 3.64. The highest BCUT2D eigenvalue weighted by Gasteiger charge is 2.18. The molecule has 0 atom stereocenters. The van der Waals surface area contributed by atoms with E-state index in [0.717, 1.165) is 25.7 Å². The van der Waals surface area contributed by atoms with Crippen molar-refractivity contribution >= 4 is 28.0 Å². The lowest BCUT2D eigenvalue weighted by atomic mass is 9.97. The van der Waals surface area contributed by atoms with Gasteiger partial charge in [0.2, 0.25) is 0 Å². The zero-order valence-electron chi connectivity index (χ0n) is 23.2. The van der Waals surface area contributed by atoms with Gasteiger partial charge in [0, 0.05) is 24.2 Å². The summed E-state index contributed by atoms with van der Waals surface area (Å²) in [5.74, 6) is 17.2. The lowest BCUT2D eigenvalue weighted by Gasteiger charge is -2.12. The molecule has 1 rings (SSSR count). The Balaban J connectivity index is 3.67. The smallest absolute Gasteiger partial charge is 0.252 e. The van der Waals surface area contributed by atoms with Crippen molar-refractivity contribution in [1.29, 1.82) is 0 Å². The van der Waals surface area contributed by atoms with E-state index in [9.17, 15) is 9.59 Å². The van der Waals surface area contributed by atoms with E-state index < -0.39 is 16.1 Å². The summed E-state index contributed by atoms with van der Waals surface area (Å²) < 4.78 is 0. The highest BCUT2D eigenvalue weighted by Crippen LogP contribution is 2.17. The Hall–Kier alpha value is -3.17. The number of rotatable bonds is 8. The fourth-order valence-electron chi connectivity index (χ4n) is 2.76. The van der Waals surface area contributed by atoms with Gasteiger partial charge in [-0.3, -0.25) is 9.59 Å². The summed E-state index contributed by atoms with van der Waals surface area (Å²) >= 11 is 0. The van der Waals surface area contributed by atoms with Crippen LogP contribution >= 0.6 is 0 Å². The molecule has 0 saturated heterocycles. The molecule has 0 unspecified atom stereocenters. The SMILES string of the molecule is CCCCNC(=O)c1cc(C(=O)NCCCC)c(C#CC#C[Si](C)(C)C)cc1C#CC#C[Si](C)(C)C. The lowest BCUT2D eigenvalue weighted by Crippen LogP contribution is -2.28. The van der Waals surface area contributed by atoms with Gasteiger partial charge in [-0.25, -0.2) is 0 Å². The maximum absolute atomic E-state index is 13.1. The Labute approximate surface area is 220 Å². The molecule has 2 amide bonds. The van der Waals surface area contributed by atoms with Crippen LogP contribution in [0.4, 0.5) is 0 Å². The Bertz CT molecular complexity index is 1100. The third-order valence-electron chi connectivity index (χ3n) is 4.67. The molecule has 2 N–H and O–H groups in total. The van der Waals surface area contributed by atoms with Crippen molar-refractivity contribution in [3.05, 3.63) is 34.4 Å². The van der Waals surface area contributed by atoms with Crippen LogP contribution in [0.25, 0.3) is 0 Å². The molecule has 0 radical (unpaired) electrons. The van der Waals surface area contributed by atoms with E-state index in [-0.39, 0.29) is 11.8 Å². The van der Waals surface area contributed by atoms with Crippen LogP contribution in [0.1, 0.15) is 71.4 Å². The van der Waals surface area contributed by atoms with Gasteiger partial charge < -0.3 is 10.6 Å². The molecule has 36 heavy (non-hydrogen) atoms. The third kappa shape index (κ3) is 12.5. The van der Waals surface area contributed by atoms with Gasteiger partial charge in [-0.15, -0.1) is 11.1 Å². The van der Waals surface area contributed by atoms with Crippen LogP contribution in [0.2, 0.25) is 39.3 Å². The monoisotopic (exact) mass is 516 g/mol. The molecular formula is C30H40N2O2Si2. The first-order valence-corrected chi connectivity index (χ1v) is 19.7. The van der Waals surface area contributed by atoms with Crippen LogP contribution < -0.4 is 10.6 Å². The van der Waals surface area contributed by atoms with Crippen molar-refractivity contribution in [3.63, 3.8) is 0 Å².